The molecule has 130 valence electrons. The number of amides is 2. The third kappa shape index (κ3) is 3.91. The van der Waals surface area contributed by atoms with Crippen LogP contribution >= 0.6 is 0 Å². The fourth-order valence-corrected chi connectivity index (χ4v) is 2.61. The molecule has 25 heavy (non-hydrogen) atoms. The number of carbonyl (C=O) groups is 2. The number of hydrogen-bond acceptors (Lipinski definition) is 4. The number of benzene rings is 2. The molecule has 0 saturated carbocycles. The number of carbonyl (C=O) groups excluding carboxylic acids is 2. The van der Waals surface area contributed by atoms with Gasteiger partial charge in [0, 0.05) is 31.3 Å². The van der Waals surface area contributed by atoms with Crippen molar-refractivity contribution in [1.82, 2.24) is 5.32 Å². The highest BCUT2D eigenvalue weighted by molar-refractivity contribution is 5.95. The van der Waals surface area contributed by atoms with Crippen molar-refractivity contribution in [2.45, 2.75) is 13.8 Å². The van der Waals surface area contributed by atoms with Gasteiger partial charge in [0.2, 0.25) is 12.7 Å². The molecule has 6 nitrogen and oxygen atoms in total. The van der Waals surface area contributed by atoms with Crippen molar-refractivity contribution in [2.75, 3.05) is 24.8 Å². The molecule has 0 spiro atoms. The molecular weight excluding hydrogens is 320 g/mol. The predicted molar refractivity (Wildman–Crippen MR) is 94.1 cm³/mol. The molecule has 6 heteroatoms. The van der Waals surface area contributed by atoms with Gasteiger partial charge in [-0.2, -0.15) is 0 Å². The van der Waals surface area contributed by atoms with Gasteiger partial charge in [0.05, 0.1) is 0 Å². The molecule has 1 aliphatic rings. The minimum Gasteiger partial charge on any atom is -0.454 e. The van der Waals surface area contributed by atoms with Crippen LogP contribution in [-0.2, 0) is 4.79 Å². The molecule has 1 heterocycles. The van der Waals surface area contributed by atoms with Gasteiger partial charge in [-0.25, -0.2) is 0 Å². The van der Waals surface area contributed by atoms with Gasteiger partial charge in [-0.1, -0.05) is 17.7 Å². The summed E-state index contributed by atoms with van der Waals surface area (Å²) in [5.74, 6) is 0.920. The Balaban J connectivity index is 1.59. The Kier molecular flexibility index (Phi) is 4.88. The van der Waals surface area contributed by atoms with Crippen LogP contribution in [0.15, 0.2) is 42.5 Å². The molecule has 0 unspecified atom stereocenters. The van der Waals surface area contributed by atoms with E-state index >= 15 is 0 Å². The maximum Gasteiger partial charge on any atom is 0.251 e. The van der Waals surface area contributed by atoms with Crippen LogP contribution in [0.25, 0.3) is 0 Å². The Morgan fingerprint density at radius 2 is 1.80 bits per heavy atom. The number of hydrogen-bond donors (Lipinski definition) is 1. The van der Waals surface area contributed by atoms with Gasteiger partial charge in [-0.05, 0) is 37.3 Å². The average molecular weight is 340 g/mol. The van der Waals surface area contributed by atoms with Crippen molar-refractivity contribution in [2.24, 2.45) is 0 Å². The maximum absolute atomic E-state index is 12.3. The summed E-state index contributed by atoms with van der Waals surface area (Å²) in [6.07, 6.45) is 0. The monoisotopic (exact) mass is 340 g/mol. The molecule has 1 N–H and O–H groups in total. The maximum atomic E-state index is 12.3. The van der Waals surface area contributed by atoms with E-state index in [2.05, 4.69) is 5.32 Å². The molecule has 0 radical (unpaired) electrons. The van der Waals surface area contributed by atoms with Crippen LogP contribution in [0.5, 0.6) is 11.5 Å². The molecule has 2 amide bonds. The Hall–Kier alpha value is -3.02. The highest BCUT2D eigenvalue weighted by Gasteiger charge is 2.17. The van der Waals surface area contributed by atoms with E-state index in [-0.39, 0.29) is 18.6 Å². The van der Waals surface area contributed by atoms with Crippen molar-refractivity contribution < 1.29 is 19.1 Å². The first-order valence-electron chi connectivity index (χ1n) is 8.07. The fraction of sp³-hybridized carbons (Fsp3) is 0.263. The second kappa shape index (κ2) is 7.25. The van der Waals surface area contributed by atoms with Gasteiger partial charge in [-0.3, -0.25) is 9.59 Å². The van der Waals surface area contributed by atoms with E-state index < -0.39 is 0 Å². The lowest BCUT2D eigenvalue weighted by Crippen LogP contribution is -2.37. The van der Waals surface area contributed by atoms with Gasteiger partial charge < -0.3 is 19.7 Å². The normalized spacial score (nSPS) is 11.9. The van der Waals surface area contributed by atoms with E-state index in [1.54, 1.807) is 23.1 Å². The Morgan fingerprint density at radius 3 is 2.52 bits per heavy atom. The van der Waals surface area contributed by atoms with E-state index in [9.17, 15) is 9.59 Å². The van der Waals surface area contributed by atoms with Crippen LogP contribution in [0.1, 0.15) is 22.8 Å². The molecule has 1 aliphatic heterocycles. The van der Waals surface area contributed by atoms with Gasteiger partial charge in [-0.15, -0.1) is 0 Å². The van der Waals surface area contributed by atoms with Crippen LogP contribution in [0.4, 0.5) is 5.69 Å². The first-order valence-corrected chi connectivity index (χ1v) is 8.07. The standard InChI is InChI=1S/C19H20N2O4/c1-13-3-6-16(7-4-13)21(14(2)22)10-9-20-19(23)15-5-8-17-18(11-15)25-12-24-17/h3-8,11H,9-10,12H2,1-2H3,(H,20,23). The number of ether oxygens (including phenoxy) is 2. The third-order valence-corrected chi connectivity index (χ3v) is 3.98. The molecule has 0 atom stereocenters. The second-order valence-corrected chi connectivity index (χ2v) is 5.83. The van der Waals surface area contributed by atoms with Crippen molar-refractivity contribution in [3.05, 3.63) is 53.6 Å². The zero-order valence-electron chi connectivity index (χ0n) is 14.2. The zero-order valence-corrected chi connectivity index (χ0v) is 14.2. The molecule has 0 aromatic heterocycles. The number of nitrogens with zero attached hydrogens (tertiary/aromatic N) is 1. The van der Waals surface area contributed by atoms with Crippen molar-refractivity contribution in [1.29, 1.82) is 0 Å². The van der Waals surface area contributed by atoms with E-state index in [1.165, 1.54) is 6.92 Å². The zero-order chi connectivity index (χ0) is 17.8. The van der Waals surface area contributed by atoms with Gasteiger partial charge in [0.1, 0.15) is 0 Å². The van der Waals surface area contributed by atoms with Crippen molar-refractivity contribution in [3.8, 4) is 11.5 Å². The second-order valence-electron chi connectivity index (χ2n) is 5.83. The summed E-state index contributed by atoms with van der Waals surface area (Å²) >= 11 is 0. The van der Waals surface area contributed by atoms with Crippen LogP contribution in [-0.4, -0.2) is 31.7 Å². The molecule has 2 aromatic rings. The Morgan fingerprint density at radius 1 is 1.08 bits per heavy atom. The van der Waals surface area contributed by atoms with Crippen LogP contribution in [0.3, 0.4) is 0 Å². The smallest absolute Gasteiger partial charge is 0.251 e. The first kappa shape index (κ1) is 16.8. The summed E-state index contributed by atoms with van der Waals surface area (Å²) < 4.78 is 10.5. The van der Waals surface area contributed by atoms with Gasteiger partial charge >= 0.3 is 0 Å². The van der Waals surface area contributed by atoms with Gasteiger partial charge in [0.25, 0.3) is 5.91 Å². The number of aryl methyl sites for hydroxylation is 1. The third-order valence-electron chi connectivity index (χ3n) is 3.98. The quantitative estimate of drug-likeness (QED) is 0.908. The van der Waals surface area contributed by atoms with Crippen molar-refractivity contribution in [3.63, 3.8) is 0 Å². The van der Waals surface area contributed by atoms with E-state index in [1.807, 2.05) is 31.2 Å². The Labute approximate surface area is 146 Å². The van der Waals surface area contributed by atoms with Crippen LogP contribution < -0.4 is 19.7 Å². The summed E-state index contributed by atoms with van der Waals surface area (Å²) in [6, 6.07) is 12.8. The molecular formula is C19H20N2O4. The SMILES string of the molecule is CC(=O)N(CCNC(=O)c1ccc2c(c1)OCO2)c1ccc(C)cc1. The minimum atomic E-state index is -0.217. The molecule has 0 fully saturated rings. The highest BCUT2D eigenvalue weighted by atomic mass is 16.7. The fourth-order valence-electron chi connectivity index (χ4n) is 2.61. The summed E-state index contributed by atoms with van der Waals surface area (Å²) in [5, 5.41) is 2.83. The largest absolute Gasteiger partial charge is 0.454 e. The number of nitrogens with one attached hydrogen (secondary N) is 1. The number of anilines is 1. The molecule has 3 rings (SSSR count). The number of fused-ring (bicyclic) bond motifs is 1. The summed E-state index contributed by atoms with van der Waals surface area (Å²) in [6.45, 7) is 4.42. The van der Waals surface area contributed by atoms with E-state index in [0.717, 1.165) is 11.3 Å². The topological polar surface area (TPSA) is 67.9 Å². The van der Waals surface area contributed by atoms with E-state index in [0.29, 0.717) is 30.2 Å². The first-order chi connectivity index (χ1) is 12.0. The lowest BCUT2D eigenvalue weighted by Gasteiger charge is -2.21. The average Bonchev–Trinajstić information content (AvgIpc) is 3.07. The number of rotatable bonds is 5. The molecule has 2 aromatic carbocycles. The summed E-state index contributed by atoms with van der Waals surface area (Å²) in [5.41, 5.74) is 2.44. The van der Waals surface area contributed by atoms with Crippen LogP contribution in [0.2, 0.25) is 0 Å². The molecule has 0 aliphatic carbocycles. The summed E-state index contributed by atoms with van der Waals surface area (Å²) in [4.78, 5) is 25.8. The van der Waals surface area contributed by atoms with E-state index in [4.69, 9.17) is 9.47 Å². The summed E-state index contributed by atoms with van der Waals surface area (Å²) in [7, 11) is 0. The molecule has 0 saturated heterocycles. The lowest BCUT2D eigenvalue weighted by molar-refractivity contribution is -0.116. The van der Waals surface area contributed by atoms with Crippen molar-refractivity contribution >= 4 is 17.5 Å². The van der Waals surface area contributed by atoms with Crippen LogP contribution in [0, 0.1) is 6.92 Å². The van der Waals surface area contributed by atoms with Gasteiger partial charge in [0.15, 0.2) is 11.5 Å². The molecule has 0 bridgehead atoms. The minimum absolute atomic E-state index is 0.0684. The highest BCUT2D eigenvalue weighted by Crippen LogP contribution is 2.32. The Bertz CT molecular complexity index is 787. The predicted octanol–water partition coefficient (Wildman–Crippen LogP) is 2.51. The lowest BCUT2D eigenvalue weighted by atomic mass is 10.2.